The topological polar surface area (TPSA) is 52.9 Å². The number of halogens is 1. The summed E-state index contributed by atoms with van der Waals surface area (Å²) >= 11 is 6.16. The zero-order valence-corrected chi connectivity index (χ0v) is 15.3. The van der Waals surface area contributed by atoms with Gasteiger partial charge >= 0.3 is 0 Å². The van der Waals surface area contributed by atoms with E-state index in [1.54, 1.807) is 6.20 Å². The van der Waals surface area contributed by atoms with Gasteiger partial charge in [0.25, 0.3) is 5.91 Å². The number of carbonyl (C=O) groups is 1. The second-order valence-electron chi connectivity index (χ2n) is 6.49. The monoisotopic (exact) mass is 369 g/mol. The number of fused-ring (bicyclic) bond motifs is 1. The summed E-state index contributed by atoms with van der Waals surface area (Å²) in [6, 6.07) is 11.3. The van der Waals surface area contributed by atoms with Crippen molar-refractivity contribution in [2.45, 2.75) is 0 Å². The zero-order chi connectivity index (χ0) is 18.1. The first-order valence-electron chi connectivity index (χ1n) is 8.58. The molecule has 1 saturated heterocycles. The standard InChI is InChI=1S/C19H20ClN5O/c1-23-10-12-24(13-11-23)19(26)14-2-4-15(5-3-14)22-16-6-7-17(20)25-9-8-21-18(16)25/h2-9,22H,10-13H2,1H3. The third kappa shape index (κ3) is 3.25. The fourth-order valence-corrected chi connectivity index (χ4v) is 3.32. The van der Waals surface area contributed by atoms with E-state index in [2.05, 4.69) is 22.2 Å². The van der Waals surface area contributed by atoms with Gasteiger partial charge in [-0.25, -0.2) is 4.98 Å². The quantitative estimate of drug-likeness (QED) is 0.721. The Morgan fingerprint density at radius 2 is 1.81 bits per heavy atom. The SMILES string of the molecule is CN1CCN(C(=O)c2ccc(Nc3ccc(Cl)n4ccnc34)cc2)CC1. The number of aromatic nitrogens is 2. The second-order valence-corrected chi connectivity index (χ2v) is 6.88. The number of carbonyl (C=O) groups excluding carboxylic acids is 1. The van der Waals surface area contributed by atoms with Crippen molar-refractivity contribution in [3.63, 3.8) is 0 Å². The number of anilines is 2. The zero-order valence-electron chi connectivity index (χ0n) is 14.5. The molecular weight excluding hydrogens is 350 g/mol. The number of amides is 1. The minimum Gasteiger partial charge on any atom is -0.352 e. The fraction of sp³-hybridized carbons (Fsp3) is 0.263. The number of rotatable bonds is 3. The van der Waals surface area contributed by atoms with E-state index in [0.29, 0.717) is 10.7 Å². The highest BCUT2D eigenvalue weighted by atomic mass is 35.5. The van der Waals surface area contributed by atoms with Crippen LogP contribution < -0.4 is 5.32 Å². The number of hydrogen-bond donors (Lipinski definition) is 1. The van der Waals surface area contributed by atoms with Crippen molar-refractivity contribution >= 4 is 34.5 Å². The number of imidazole rings is 1. The van der Waals surface area contributed by atoms with Crippen molar-refractivity contribution in [2.24, 2.45) is 0 Å². The van der Waals surface area contributed by atoms with E-state index in [-0.39, 0.29) is 5.91 Å². The van der Waals surface area contributed by atoms with Crippen LogP contribution in [0.4, 0.5) is 11.4 Å². The van der Waals surface area contributed by atoms with E-state index >= 15 is 0 Å². The van der Waals surface area contributed by atoms with Gasteiger partial charge in [-0.2, -0.15) is 0 Å². The number of piperazine rings is 1. The minimum atomic E-state index is 0.0896. The molecule has 1 aromatic carbocycles. The third-order valence-corrected chi connectivity index (χ3v) is 5.01. The first-order valence-corrected chi connectivity index (χ1v) is 8.96. The lowest BCUT2D eigenvalue weighted by atomic mass is 10.1. The molecular formula is C19H20ClN5O. The normalized spacial score (nSPS) is 15.4. The van der Waals surface area contributed by atoms with Crippen LogP contribution in [0.3, 0.4) is 0 Å². The van der Waals surface area contributed by atoms with Crippen molar-refractivity contribution in [3.05, 3.63) is 59.5 Å². The number of nitrogens with zero attached hydrogens (tertiary/aromatic N) is 4. The van der Waals surface area contributed by atoms with Crippen molar-refractivity contribution in [1.82, 2.24) is 19.2 Å². The van der Waals surface area contributed by atoms with Gasteiger partial charge < -0.3 is 15.1 Å². The molecule has 0 atom stereocenters. The predicted molar refractivity (Wildman–Crippen MR) is 103 cm³/mol. The van der Waals surface area contributed by atoms with Crippen LogP contribution in [-0.2, 0) is 0 Å². The van der Waals surface area contributed by atoms with Crippen LogP contribution in [0.2, 0.25) is 5.15 Å². The predicted octanol–water partition coefficient (Wildman–Crippen LogP) is 3.12. The number of hydrogen-bond acceptors (Lipinski definition) is 4. The summed E-state index contributed by atoms with van der Waals surface area (Å²) in [5, 5.41) is 3.95. The molecule has 0 bridgehead atoms. The van der Waals surface area contributed by atoms with Gasteiger partial charge in [-0.05, 0) is 43.4 Å². The highest BCUT2D eigenvalue weighted by molar-refractivity contribution is 6.29. The van der Waals surface area contributed by atoms with Crippen LogP contribution in [-0.4, -0.2) is 58.3 Å². The van der Waals surface area contributed by atoms with Crippen molar-refractivity contribution in [1.29, 1.82) is 0 Å². The number of pyridine rings is 1. The van der Waals surface area contributed by atoms with E-state index in [4.69, 9.17) is 11.6 Å². The third-order valence-electron chi connectivity index (χ3n) is 4.70. The van der Waals surface area contributed by atoms with Crippen LogP contribution in [0.5, 0.6) is 0 Å². The molecule has 1 fully saturated rings. The van der Waals surface area contributed by atoms with Crippen LogP contribution in [0, 0.1) is 0 Å². The van der Waals surface area contributed by atoms with Gasteiger partial charge in [-0.15, -0.1) is 0 Å². The summed E-state index contributed by atoms with van der Waals surface area (Å²) in [4.78, 5) is 21.1. The van der Waals surface area contributed by atoms with E-state index in [0.717, 1.165) is 43.2 Å². The molecule has 0 spiro atoms. The van der Waals surface area contributed by atoms with Gasteiger partial charge in [0.15, 0.2) is 5.65 Å². The summed E-state index contributed by atoms with van der Waals surface area (Å²) in [5.74, 6) is 0.0896. The van der Waals surface area contributed by atoms with Crippen molar-refractivity contribution < 1.29 is 4.79 Å². The molecule has 0 aliphatic carbocycles. The second kappa shape index (κ2) is 6.97. The molecule has 3 aromatic rings. The Hall–Kier alpha value is -2.57. The molecule has 1 aliphatic rings. The Kier molecular flexibility index (Phi) is 4.53. The Morgan fingerprint density at radius 1 is 1.08 bits per heavy atom. The first kappa shape index (κ1) is 16.9. The summed E-state index contributed by atoms with van der Waals surface area (Å²) < 4.78 is 1.81. The molecule has 0 saturated carbocycles. The van der Waals surface area contributed by atoms with E-state index in [9.17, 15) is 4.79 Å². The molecule has 1 N–H and O–H groups in total. The Morgan fingerprint density at radius 3 is 2.54 bits per heavy atom. The maximum atomic E-state index is 12.6. The van der Waals surface area contributed by atoms with E-state index < -0.39 is 0 Å². The Balaban J connectivity index is 1.50. The highest BCUT2D eigenvalue weighted by Gasteiger charge is 2.20. The molecule has 1 amide bonds. The lowest BCUT2D eigenvalue weighted by Gasteiger charge is -2.32. The summed E-state index contributed by atoms with van der Waals surface area (Å²) in [6.07, 6.45) is 3.53. The maximum Gasteiger partial charge on any atom is 0.253 e. The van der Waals surface area contributed by atoms with Crippen LogP contribution in [0.25, 0.3) is 5.65 Å². The fourth-order valence-electron chi connectivity index (χ4n) is 3.12. The molecule has 0 unspecified atom stereocenters. The largest absolute Gasteiger partial charge is 0.352 e. The first-order chi connectivity index (χ1) is 12.6. The number of likely N-dealkylation sites (N-methyl/N-ethyl adjacent to an activating group) is 1. The molecule has 7 heteroatoms. The van der Waals surface area contributed by atoms with Gasteiger partial charge in [0, 0.05) is 49.8 Å². The Labute approximate surface area is 157 Å². The Bertz CT molecular complexity index is 929. The summed E-state index contributed by atoms with van der Waals surface area (Å²) in [5.41, 5.74) is 3.22. The molecule has 26 heavy (non-hydrogen) atoms. The maximum absolute atomic E-state index is 12.6. The van der Waals surface area contributed by atoms with Gasteiger partial charge in [0.2, 0.25) is 0 Å². The lowest BCUT2D eigenvalue weighted by molar-refractivity contribution is 0.0664. The van der Waals surface area contributed by atoms with Crippen molar-refractivity contribution in [3.8, 4) is 0 Å². The smallest absolute Gasteiger partial charge is 0.253 e. The highest BCUT2D eigenvalue weighted by Crippen LogP contribution is 2.24. The number of benzene rings is 1. The lowest BCUT2D eigenvalue weighted by Crippen LogP contribution is -2.47. The molecule has 3 heterocycles. The molecule has 4 rings (SSSR count). The molecule has 134 valence electrons. The van der Waals surface area contributed by atoms with E-state index in [1.807, 2.05) is 51.9 Å². The van der Waals surface area contributed by atoms with Crippen LogP contribution >= 0.6 is 11.6 Å². The average molecular weight is 370 g/mol. The van der Waals surface area contributed by atoms with Crippen LogP contribution in [0.15, 0.2) is 48.8 Å². The number of nitrogens with one attached hydrogen (secondary N) is 1. The summed E-state index contributed by atoms with van der Waals surface area (Å²) in [7, 11) is 2.08. The van der Waals surface area contributed by atoms with Crippen molar-refractivity contribution in [2.75, 3.05) is 38.5 Å². The molecule has 1 aliphatic heterocycles. The minimum absolute atomic E-state index is 0.0896. The molecule has 0 radical (unpaired) electrons. The van der Waals surface area contributed by atoms with Gasteiger partial charge in [-0.3, -0.25) is 9.20 Å². The molecule has 2 aromatic heterocycles. The summed E-state index contributed by atoms with van der Waals surface area (Å²) in [6.45, 7) is 3.39. The average Bonchev–Trinajstić information content (AvgIpc) is 3.16. The van der Waals surface area contributed by atoms with Gasteiger partial charge in [0.05, 0.1) is 5.69 Å². The van der Waals surface area contributed by atoms with Gasteiger partial charge in [0.1, 0.15) is 5.15 Å². The molecule has 6 nitrogen and oxygen atoms in total. The van der Waals surface area contributed by atoms with Gasteiger partial charge in [-0.1, -0.05) is 11.6 Å². The van der Waals surface area contributed by atoms with E-state index in [1.165, 1.54) is 0 Å². The van der Waals surface area contributed by atoms with Crippen LogP contribution in [0.1, 0.15) is 10.4 Å².